The van der Waals surface area contributed by atoms with E-state index in [9.17, 15) is 9.90 Å². The fourth-order valence-electron chi connectivity index (χ4n) is 2.41. The van der Waals surface area contributed by atoms with E-state index in [2.05, 4.69) is 25.6 Å². The lowest BCUT2D eigenvalue weighted by Gasteiger charge is -2.24. The third kappa shape index (κ3) is 2.24. The summed E-state index contributed by atoms with van der Waals surface area (Å²) in [6, 6.07) is 0.267. The monoisotopic (exact) mass is 261 g/mol. The first kappa shape index (κ1) is 11.9. The number of H-pyrrole nitrogens is 1. The number of carboxylic acid groups (broad SMARTS) is 1. The van der Waals surface area contributed by atoms with E-state index in [1.165, 1.54) is 12.5 Å². The largest absolute Gasteiger partial charge is 0.478 e. The molecule has 1 fully saturated rings. The van der Waals surface area contributed by atoms with Crippen LogP contribution in [0.15, 0.2) is 12.5 Å². The van der Waals surface area contributed by atoms with Gasteiger partial charge < -0.3 is 20.7 Å². The number of nitrogens with one attached hydrogen (secondary N) is 3. The number of piperidine rings is 1. The van der Waals surface area contributed by atoms with Crippen molar-refractivity contribution in [3.8, 4) is 0 Å². The fraction of sp³-hybridized carbons (Fsp3) is 0.417. The number of fused-ring (bicyclic) bond motifs is 1. The molecule has 1 aliphatic rings. The lowest BCUT2D eigenvalue weighted by molar-refractivity contribution is 0.0699. The molecule has 0 aliphatic carbocycles. The number of anilines is 1. The summed E-state index contributed by atoms with van der Waals surface area (Å²) in [5.74, 6) is -0.400. The molecular weight excluding hydrogens is 246 g/mol. The molecule has 1 unspecified atom stereocenters. The molecule has 2 aromatic rings. The smallest absolute Gasteiger partial charge is 0.338 e. The summed E-state index contributed by atoms with van der Waals surface area (Å²) >= 11 is 0. The van der Waals surface area contributed by atoms with Gasteiger partial charge in [-0.15, -0.1) is 0 Å². The van der Waals surface area contributed by atoms with Crippen molar-refractivity contribution in [2.75, 3.05) is 18.4 Å². The third-order valence-electron chi connectivity index (χ3n) is 3.34. The number of carboxylic acids is 1. The van der Waals surface area contributed by atoms with Gasteiger partial charge in [0.05, 0.1) is 10.9 Å². The Morgan fingerprint density at radius 3 is 3.11 bits per heavy atom. The number of carbonyl (C=O) groups is 1. The second-order valence-electron chi connectivity index (χ2n) is 4.64. The van der Waals surface area contributed by atoms with Crippen LogP contribution in [0.1, 0.15) is 23.2 Å². The van der Waals surface area contributed by atoms with Crippen LogP contribution in [0, 0.1) is 0 Å². The van der Waals surface area contributed by atoms with Crippen molar-refractivity contribution in [1.29, 1.82) is 0 Å². The van der Waals surface area contributed by atoms with Gasteiger partial charge in [-0.3, -0.25) is 0 Å². The van der Waals surface area contributed by atoms with Crippen molar-refractivity contribution in [3.63, 3.8) is 0 Å². The predicted octanol–water partition coefficient (Wildman–Crippen LogP) is 0.820. The van der Waals surface area contributed by atoms with E-state index in [0.29, 0.717) is 16.9 Å². The summed E-state index contributed by atoms with van der Waals surface area (Å²) in [6.45, 7) is 1.89. The van der Waals surface area contributed by atoms with Crippen molar-refractivity contribution in [3.05, 3.63) is 18.1 Å². The summed E-state index contributed by atoms with van der Waals surface area (Å²) in [4.78, 5) is 22.3. The fourth-order valence-corrected chi connectivity index (χ4v) is 2.41. The van der Waals surface area contributed by atoms with Crippen LogP contribution in [0.25, 0.3) is 11.0 Å². The minimum atomic E-state index is -0.981. The quantitative estimate of drug-likeness (QED) is 0.652. The van der Waals surface area contributed by atoms with Gasteiger partial charge in [-0.25, -0.2) is 14.8 Å². The molecule has 0 spiro atoms. The van der Waals surface area contributed by atoms with E-state index in [0.717, 1.165) is 25.9 Å². The maximum atomic E-state index is 11.2. The summed E-state index contributed by atoms with van der Waals surface area (Å²) in [7, 11) is 0. The van der Waals surface area contributed by atoms with Gasteiger partial charge in [0.2, 0.25) is 0 Å². The average Bonchev–Trinajstić information content (AvgIpc) is 2.85. The number of aromatic carboxylic acids is 1. The molecule has 1 atom stereocenters. The Hall–Kier alpha value is -2.15. The first-order valence-corrected chi connectivity index (χ1v) is 6.28. The maximum Gasteiger partial charge on any atom is 0.338 e. The molecule has 0 bridgehead atoms. The average molecular weight is 261 g/mol. The second kappa shape index (κ2) is 4.85. The van der Waals surface area contributed by atoms with Gasteiger partial charge in [0, 0.05) is 18.8 Å². The Balaban J connectivity index is 1.97. The Labute approximate surface area is 109 Å². The molecule has 2 aromatic heterocycles. The first-order chi connectivity index (χ1) is 9.25. The Morgan fingerprint density at radius 1 is 1.47 bits per heavy atom. The standard InChI is InChI=1S/C12H15N5O2/c18-12(19)8-5-14-10-9(8)11(16-6-15-10)17-7-2-1-3-13-4-7/h5-7,13H,1-4H2,(H,18,19)(H2,14,15,16,17). The van der Waals surface area contributed by atoms with Crippen molar-refractivity contribution in [1.82, 2.24) is 20.3 Å². The van der Waals surface area contributed by atoms with Crippen LogP contribution in [-0.4, -0.2) is 45.2 Å². The highest BCUT2D eigenvalue weighted by Crippen LogP contribution is 2.24. The predicted molar refractivity (Wildman–Crippen MR) is 70.4 cm³/mol. The van der Waals surface area contributed by atoms with Crippen LogP contribution < -0.4 is 10.6 Å². The SMILES string of the molecule is O=C(O)c1c[nH]c2ncnc(NC3CCCNC3)c12. The van der Waals surface area contributed by atoms with Crippen LogP contribution in [0.2, 0.25) is 0 Å². The van der Waals surface area contributed by atoms with E-state index < -0.39 is 5.97 Å². The molecule has 1 saturated heterocycles. The number of rotatable bonds is 3. The number of hydrogen-bond donors (Lipinski definition) is 4. The van der Waals surface area contributed by atoms with Gasteiger partial charge in [-0.1, -0.05) is 0 Å². The normalized spacial score (nSPS) is 19.5. The number of nitrogens with zero attached hydrogens (tertiary/aromatic N) is 2. The molecule has 100 valence electrons. The molecule has 3 rings (SSSR count). The molecule has 19 heavy (non-hydrogen) atoms. The van der Waals surface area contributed by atoms with E-state index in [1.807, 2.05) is 0 Å². The van der Waals surface area contributed by atoms with E-state index in [-0.39, 0.29) is 11.6 Å². The molecule has 1 aliphatic heterocycles. The summed E-state index contributed by atoms with van der Waals surface area (Å²) in [5, 5.41) is 16.3. The van der Waals surface area contributed by atoms with Crippen LogP contribution in [0.5, 0.6) is 0 Å². The Morgan fingerprint density at radius 2 is 2.37 bits per heavy atom. The molecule has 0 aromatic carbocycles. The molecular formula is C12H15N5O2. The minimum absolute atomic E-state index is 0.196. The lowest BCUT2D eigenvalue weighted by Crippen LogP contribution is -2.38. The Bertz CT molecular complexity index is 603. The summed E-state index contributed by atoms with van der Waals surface area (Å²) in [6.07, 6.45) is 5.03. The van der Waals surface area contributed by atoms with Crippen molar-refractivity contribution in [2.45, 2.75) is 18.9 Å². The van der Waals surface area contributed by atoms with Gasteiger partial charge in [0.25, 0.3) is 0 Å². The number of hydrogen-bond acceptors (Lipinski definition) is 5. The van der Waals surface area contributed by atoms with Gasteiger partial charge in [0.1, 0.15) is 17.8 Å². The zero-order valence-electron chi connectivity index (χ0n) is 10.3. The van der Waals surface area contributed by atoms with E-state index in [1.54, 1.807) is 0 Å². The molecule has 0 amide bonds. The molecule has 0 radical (unpaired) electrons. The lowest BCUT2D eigenvalue weighted by atomic mass is 10.1. The van der Waals surface area contributed by atoms with Gasteiger partial charge in [0.15, 0.2) is 0 Å². The molecule has 3 heterocycles. The highest BCUT2D eigenvalue weighted by molar-refractivity contribution is 6.06. The number of aromatic amines is 1. The first-order valence-electron chi connectivity index (χ1n) is 6.28. The van der Waals surface area contributed by atoms with Crippen LogP contribution in [0.3, 0.4) is 0 Å². The third-order valence-corrected chi connectivity index (χ3v) is 3.34. The molecule has 0 saturated carbocycles. The van der Waals surface area contributed by atoms with Crippen LogP contribution in [-0.2, 0) is 0 Å². The highest BCUT2D eigenvalue weighted by atomic mass is 16.4. The van der Waals surface area contributed by atoms with E-state index >= 15 is 0 Å². The van der Waals surface area contributed by atoms with Crippen LogP contribution >= 0.6 is 0 Å². The molecule has 7 nitrogen and oxygen atoms in total. The van der Waals surface area contributed by atoms with Crippen molar-refractivity contribution in [2.24, 2.45) is 0 Å². The van der Waals surface area contributed by atoms with Gasteiger partial charge in [-0.2, -0.15) is 0 Å². The topological polar surface area (TPSA) is 103 Å². The van der Waals surface area contributed by atoms with E-state index in [4.69, 9.17) is 0 Å². The maximum absolute atomic E-state index is 11.2. The number of aromatic nitrogens is 3. The Kier molecular flexibility index (Phi) is 3.04. The summed E-state index contributed by atoms with van der Waals surface area (Å²) < 4.78 is 0. The second-order valence-corrected chi connectivity index (χ2v) is 4.64. The van der Waals surface area contributed by atoms with Crippen molar-refractivity contribution < 1.29 is 9.90 Å². The van der Waals surface area contributed by atoms with Crippen molar-refractivity contribution >= 4 is 22.8 Å². The molecule has 7 heteroatoms. The van der Waals surface area contributed by atoms with Gasteiger partial charge in [-0.05, 0) is 19.4 Å². The highest BCUT2D eigenvalue weighted by Gasteiger charge is 2.19. The van der Waals surface area contributed by atoms with Crippen LogP contribution in [0.4, 0.5) is 5.82 Å². The zero-order valence-corrected chi connectivity index (χ0v) is 10.3. The summed E-state index contributed by atoms with van der Waals surface area (Å²) in [5.41, 5.74) is 0.737. The zero-order chi connectivity index (χ0) is 13.2. The molecule has 4 N–H and O–H groups in total. The van der Waals surface area contributed by atoms with Gasteiger partial charge >= 0.3 is 5.97 Å². The minimum Gasteiger partial charge on any atom is -0.478 e.